The number of ketones is 1. The molecular formula is C20H24N4O3S. The van der Waals surface area contributed by atoms with Crippen LogP contribution in [0.4, 0.5) is 5.95 Å². The molecule has 0 spiro atoms. The van der Waals surface area contributed by atoms with Crippen LogP contribution in [0.5, 0.6) is 11.5 Å². The van der Waals surface area contributed by atoms with Crippen LogP contribution < -0.4 is 14.8 Å². The fourth-order valence-electron chi connectivity index (χ4n) is 4.07. The Morgan fingerprint density at radius 1 is 1.29 bits per heavy atom. The molecule has 8 heteroatoms. The van der Waals surface area contributed by atoms with Crippen LogP contribution in [0, 0.1) is 11.3 Å². The number of nitrogens with one attached hydrogen (secondary N) is 1. The minimum atomic E-state index is -0.362. The van der Waals surface area contributed by atoms with Gasteiger partial charge in [-0.25, -0.2) is 4.68 Å². The van der Waals surface area contributed by atoms with Gasteiger partial charge in [-0.3, -0.25) is 4.79 Å². The minimum Gasteiger partial charge on any atom is -0.497 e. The highest BCUT2D eigenvalue weighted by Crippen LogP contribution is 2.47. The molecule has 0 bridgehead atoms. The van der Waals surface area contributed by atoms with Crippen molar-refractivity contribution in [1.82, 2.24) is 14.8 Å². The van der Waals surface area contributed by atoms with Crippen LogP contribution >= 0.6 is 11.8 Å². The van der Waals surface area contributed by atoms with Crippen molar-refractivity contribution in [2.45, 2.75) is 31.5 Å². The molecule has 1 aromatic heterocycles. The maximum Gasteiger partial charge on any atom is 0.227 e. The van der Waals surface area contributed by atoms with E-state index in [1.165, 1.54) is 11.8 Å². The molecule has 0 saturated heterocycles. The molecule has 2 aromatic rings. The monoisotopic (exact) mass is 400 g/mol. The molecule has 0 unspecified atom stereocenters. The first kappa shape index (κ1) is 18.9. The van der Waals surface area contributed by atoms with Crippen molar-refractivity contribution in [3.63, 3.8) is 0 Å². The van der Waals surface area contributed by atoms with Gasteiger partial charge in [0, 0.05) is 23.7 Å². The predicted molar refractivity (Wildman–Crippen MR) is 108 cm³/mol. The normalized spacial score (nSPS) is 22.6. The molecule has 1 N–H and O–H groups in total. The van der Waals surface area contributed by atoms with Crippen LogP contribution in [0.3, 0.4) is 0 Å². The van der Waals surface area contributed by atoms with Crippen LogP contribution in [0.1, 0.15) is 31.9 Å². The van der Waals surface area contributed by atoms with Crippen molar-refractivity contribution in [2.24, 2.45) is 11.3 Å². The highest BCUT2D eigenvalue weighted by Gasteiger charge is 2.45. The van der Waals surface area contributed by atoms with E-state index in [0.29, 0.717) is 29.0 Å². The predicted octanol–water partition coefficient (Wildman–Crippen LogP) is 3.53. The summed E-state index contributed by atoms with van der Waals surface area (Å²) in [6.07, 6.45) is 4.57. The zero-order chi connectivity index (χ0) is 20.1. The van der Waals surface area contributed by atoms with E-state index >= 15 is 0 Å². The minimum absolute atomic E-state index is 0.185. The van der Waals surface area contributed by atoms with Gasteiger partial charge < -0.3 is 14.8 Å². The summed E-state index contributed by atoms with van der Waals surface area (Å²) in [6, 6.07) is 5.33. The second-order valence-electron chi connectivity index (χ2n) is 7.75. The van der Waals surface area contributed by atoms with Crippen LogP contribution in [0.2, 0.25) is 0 Å². The lowest BCUT2D eigenvalue weighted by Crippen LogP contribution is -2.42. The average Bonchev–Trinajstić information content (AvgIpc) is 3.07. The third kappa shape index (κ3) is 3.05. The van der Waals surface area contributed by atoms with Gasteiger partial charge >= 0.3 is 0 Å². The molecule has 1 aromatic carbocycles. The molecule has 2 heterocycles. The van der Waals surface area contributed by atoms with E-state index in [2.05, 4.69) is 35.3 Å². The van der Waals surface area contributed by atoms with Gasteiger partial charge in [-0.15, -0.1) is 5.10 Å². The molecular weight excluding hydrogens is 376 g/mol. The van der Waals surface area contributed by atoms with E-state index in [0.717, 1.165) is 11.3 Å². The van der Waals surface area contributed by atoms with E-state index in [-0.39, 0.29) is 23.2 Å². The average molecular weight is 401 g/mol. The number of aromatic nitrogens is 3. The van der Waals surface area contributed by atoms with Crippen molar-refractivity contribution < 1.29 is 14.3 Å². The number of nitrogens with zero attached hydrogens (tertiary/aromatic N) is 3. The number of fused-ring (bicyclic) bond motifs is 2. The SMILES string of the molecule is COc1ccc([C@H]2[C@@H]3C(=O)CC(C)(C)C=C3Nc3nc(SC)nn32)c(OC)c1. The Labute approximate surface area is 168 Å². The standard InChI is InChI=1S/C20H24N4O3S/c1-20(2)9-13-16(14(25)10-20)17(24-18(21-13)22-19(23-24)28-5)12-7-6-11(26-3)8-15(12)27-4/h6-9,16-17H,10H2,1-5H3,(H,21,22,23)/t16-,17-/m0/s1. The summed E-state index contributed by atoms with van der Waals surface area (Å²) in [6.45, 7) is 4.15. The molecule has 148 valence electrons. The van der Waals surface area contributed by atoms with Crippen LogP contribution in [-0.2, 0) is 4.79 Å². The number of benzene rings is 1. The van der Waals surface area contributed by atoms with Gasteiger partial charge in [-0.1, -0.05) is 31.7 Å². The fourth-order valence-corrected chi connectivity index (χ4v) is 4.42. The number of anilines is 1. The maximum atomic E-state index is 13.2. The zero-order valence-electron chi connectivity index (χ0n) is 16.6. The Hall–Kier alpha value is -2.48. The molecule has 1 aliphatic heterocycles. The largest absolute Gasteiger partial charge is 0.497 e. The quantitative estimate of drug-likeness (QED) is 0.787. The summed E-state index contributed by atoms with van der Waals surface area (Å²) >= 11 is 1.47. The number of carbonyl (C=O) groups excluding carboxylic acids is 1. The van der Waals surface area contributed by atoms with E-state index in [9.17, 15) is 4.79 Å². The lowest BCUT2D eigenvalue weighted by Gasteiger charge is -2.40. The van der Waals surface area contributed by atoms with Crippen molar-refractivity contribution >= 4 is 23.5 Å². The molecule has 0 fully saturated rings. The summed E-state index contributed by atoms with van der Waals surface area (Å²) in [5.74, 6) is 1.82. The first-order chi connectivity index (χ1) is 13.4. The number of allylic oxidation sites excluding steroid dienone is 2. The molecule has 7 nitrogen and oxygen atoms in total. The summed E-state index contributed by atoms with van der Waals surface area (Å²) in [7, 11) is 3.24. The van der Waals surface area contributed by atoms with Crippen molar-refractivity contribution in [3.8, 4) is 11.5 Å². The van der Waals surface area contributed by atoms with Gasteiger partial charge in [-0.2, -0.15) is 4.98 Å². The third-order valence-electron chi connectivity index (χ3n) is 5.25. The van der Waals surface area contributed by atoms with Crippen LogP contribution in [0.25, 0.3) is 0 Å². The number of Topliss-reactive ketones (excluding diaryl/α,β-unsaturated/α-hetero) is 1. The summed E-state index contributed by atoms with van der Waals surface area (Å²) < 4.78 is 12.8. The number of methoxy groups -OCH3 is 2. The summed E-state index contributed by atoms with van der Waals surface area (Å²) in [5.41, 5.74) is 1.57. The van der Waals surface area contributed by atoms with E-state index < -0.39 is 0 Å². The molecule has 28 heavy (non-hydrogen) atoms. The molecule has 1 aliphatic carbocycles. The first-order valence-electron chi connectivity index (χ1n) is 9.12. The number of rotatable bonds is 4. The van der Waals surface area contributed by atoms with Crippen molar-refractivity contribution in [2.75, 3.05) is 25.8 Å². The molecule has 2 atom stereocenters. The second-order valence-corrected chi connectivity index (χ2v) is 8.53. The van der Waals surface area contributed by atoms with Crippen LogP contribution in [-0.4, -0.2) is 41.0 Å². The first-order valence-corrected chi connectivity index (χ1v) is 10.3. The molecule has 2 aliphatic rings. The number of carbonyl (C=O) groups is 1. The lowest BCUT2D eigenvalue weighted by molar-refractivity contribution is -0.125. The number of hydrogen-bond acceptors (Lipinski definition) is 7. The fraction of sp³-hybridized carbons (Fsp3) is 0.450. The summed E-state index contributed by atoms with van der Waals surface area (Å²) in [5, 5.41) is 8.66. The molecule has 0 saturated carbocycles. The Bertz CT molecular complexity index is 966. The van der Waals surface area contributed by atoms with Gasteiger partial charge in [0.1, 0.15) is 17.3 Å². The number of thioether (sulfide) groups is 1. The zero-order valence-corrected chi connectivity index (χ0v) is 17.5. The topological polar surface area (TPSA) is 78.3 Å². The molecule has 4 rings (SSSR count). The van der Waals surface area contributed by atoms with E-state index in [1.807, 2.05) is 29.1 Å². The van der Waals surface area contributed by atoms with Crippen molar-refractivity contribution in [1.29, 1.82) is 0 Å². The Balaban J connectivity index is 1.93. The van der Waals surface area contributed by atoms with Gasteiger partial charge in [0.15, 0.2) is 0 Å². The highest BCUT2D eigenvalue weighted by atomic mass is 32.2. The van der Waals surface area contributed by atoms with E-state index in [1.54, 1.807) is 14.2 Å². The Morgan fingerprint density at radius 2 is 2.07 bits per heavy atom. The smallest absolute Gasteiger partial charge is 0.227 e. The van der Waals surface area contributed by atoms with Gasteiger partial charge in [0.25, 0.3) is 0 Å². The molecule has 0 amide bonds. The third-order valence-corrected chi connectivity index (χ3v) is 5.79. The van der Waals surface area contributed by atoms with Gasteiger partial charge in [0.05, 0.1) is 26.2 Å². The second kappa shape index (κ2) is 6.84. The van der Waals surface area contributed by atoms with Gasteiger partial charge in [-0.05, 0) is 23.8 Å². The Kier molecular flexibility index (Phi) is 4.61. The number of hydrogen-bond donors (Lipinski definition) is 1. The highest BCUT2D eigenvalue weighted by molar-refractivity contribution is 7.98. The van der Waals surface area contributed by atoms with E-state index in [4.69, 9.17) is 9.47 Å². The Morgan fingerprint density at radius 3 is 2.75 bits per heavy atom. The van der Waals surface area contributed by atoms with Crippen molar-refractivity contribution in [3.05, 3.63) is 35.5 Å². The number of ether oxygens (including phenoxy) is 2. The maximum absolute atomic E-state index is 13.2. The summed E-state index contributed by atoms with van der Waals surface area (Å²) in [4.78, 5) is 17.8. The van der Waals surface area contributed by atoms with Crippen LogP contribution in [0.15, 0.2) is 35.1 Å². The lowest BCUT2D eigenvalue weighted by atomic mass is 9.72. The van der Waals surface area contributed by atoms with Gasteiger partial charge in [0.2, 0.25) is 11.1 Å². The molecule has 0 radical (unpaired) electrons.